The zero-order valence-electron chi connectivity index (χ0n) is 18.0. The van der Waals surface area contributed by atoms with Crippen molar-refractivity contribution < 1.29 is 55.8 Å². The Balaban J connectivity index is 0.00000144. The average Bonchev–Trinajstić information content (AvgIpc) is 3.45. The molecule has 1 radical (unpaired) electrons. The van der Waals surface area contributed by atoms with E-state index in [0.717, 1.165) is 36.1 Å². The van der Waals surface area contributed by atoms with E-state index in [1.807, 2.05) is 55.1 Å². The van der Waals surface area contributed by atoms with E-state index in [4.69, 9.17) is 4.98 Å². The first-order valence-corrected chi connectivity index (χ1v) is 9.95. The molecule has 0 unspecified atom stereocenters. The molecule has 5 aromatic rings. The Hall–Kier alpha value is -2.54. The largest absolute Gasteiger partial charge is 1.00 e. The van der Waals surface area contributed by atoms with Crippen LogP contribution in [0.25, 0.3) is 23.0 Å². The molecule has 3 aromatic heterocycles. The van der Waals surface area contributed by atoms with Crippen LogP contribution in [0.1, 0.15) is 11.1 Å². The SMILES string of the molecule is [Cl-].[Cl-].[Cl-].[V].c1ccc(Cn2ccnc2-c2cccc(-c3nccn3Cc3ccccc3)n2)cc1. The van der Waals surface area contributed by atoms with Gasteiger partial charge in [0.2, 0.25) is 0 Å². The average molecular weight is 549 g/mol. The molecule has 0 aliphatic rings. The van der Waals surface area contributed by atoms with E-state index in [-0.39, 0.29) is 55.8 Å². The van der Waals surface area contributed by atoms with E-state index in [0.29, 0.717) is 0 Å². The molecule has 0 aliphatic carbocycles. The summed E-state index contributed by atoms with van der Waals surface area (Å²) in [5.74, 6) is 1.70. The van der Waals surface area contributed by atoms with Crippen molar-refractivity contribution in [3.63, 3.8) is 0 Å². The normalized spacial score (nSPS) is 9.65. The Bertz CT molecular complexity index is 1160. The van der Waals surface area contributed by atoms with Gasteiger partial charge in [0, 0.05) is 56.4 Å². The van der Waals surface area contributed by atoms with Crippen LogP contribution in [0.4, 0.5) is 0 Å². The number of rotatable bonds is 6. The van der Waals surface area contributed by atoms with Crippen molar-refractivity contribution in [2.24, 2.45) is 0 Å². The summed E-state index contributed by atoms with van der Waals surface area (Å²) in [5.41, 5.74) is 4.13. The van der Waals surface area contributed by atoms with E-state index < -0.39 is 0 Å². The third-order valence-corrected chi connectivity index (χ3v) is 5.03. The molecule has 9 heteroatoms. The maximum Gasteiger partial charge on any atom is 0.158 e. The minimum absolute atomic E-state index is 0. The molecule has 0 saturated heterocycles. The number of nitrogens with zero attached hydrogens (tertiary/aromatic N) is 5. The number of pyridine rings is 1. The minimum Gasteiger partial charge on any atom is -1.00 e. The van der Waals surface area contributed by atoms with Gasteiger partial charge in [-0.1, -0.05) is 66.7 Å². The number of hydrogen-bond donors (Lipinski definition) is 0. The minimum atomic E-state index is 0. The molecule has 0 aliphatic heterocycles. The fourth-order valence-corrected chi connectivity index (χ4v) is 3.58. The number of halogens is 3. The summed E-state index contributed by atoms with van der Waals surface area (Å²) in [6.07, 6.45) is 7.63. The number of imidazole rings is 2. The first-order valence-electron chi connectivity index (χ1n) is 9.95. The Morgan fingerprint density at radius 2 is 0.941 bits per heavy atom. The van der Waals surface area contributed by atoms with Crippen LogP contribution >= 0.6 is 0 Å². The second-order valence-corrected chi connectivity index (χ2v) is 7.14. The van der Waals surface area contributed by atoms with Crippen LogP contribution in [-0.4, -0.2) is 24.1 Å². The molecule has 175 valence electrons. The second kappa shape index (κ2) is 14.0. The van der Waals surface area contributed by atoms with E-state index in [2.05, 4.69) is 67.6 Å². The molecular formula is C25H21Cl3N5V-3. The van der Waals surface area contributed by atoms with Crippen LogP contribution in [0.5, 0.6) is 0 Å². The summed E-state index contributed by atoms with van der Waals surface area (Å²) in [5, 5.41) is 0. The molecule has 0 amide bonds. The van der Waals surface area contributed by atoms with E-state index in [1.54, 1.807) is 0 Å². The maximum atomic E-state index is 4.90. The van der Waals surface area contributed by atoms with Gasteiger partial charge in [0.1, 0.15) is 11.4 Å². The summed E-state index contributed by atoms with van der Waals surface area (Å²) < 4.78 is 4.25. The summed E-state index contributed by atoms with van der Waals surface area (Å²) >= 11 is 0. The molecule has 5 rings (SSSR count). The van der Waals surface area contributed by atoms with E-state index >= 15 is 0 Å². The van der Waals surface area contributed by atoms with Gasteiger partial charge in [0.05, 0.1) is 0 Å². The molecule has 0 bridgehead atoms. The van der Waals surface area contributed by atoms with Gasteiger partial charge in [0.25, 0.3) is 0 Å². The summed E-state index contributed by atoms with van der Waals surface area (Å²) in [6.45, 7) is 1.51. The number of hydrogen-bond acceptors (Lipinski definition) is 3. The molecule has 5 nitrogen and oxygen atoms in total. The van der Waals surface area contributed by atoms with Crippen molar-refractivity contribution in [3.05, 3.63) is 115 Å². The molecule has 3 heterocycles. The quantitative estimate of drug-likeness (QED) is 0.217. The Labute approximate surface area is 229 Å². The van der Waals surface area contributed by atoms with Crippen molar-refractivity contribution in [3.8, 4) is 23.0 Å². The molecule has 0 saturated carbocycles. The fourth-order valence-electron chi connectivity index (χ4n) is 3.58. The van der Waals surface area contributed by atoms with Gasteiger partial charge >= 0.3 is 0 Å². The molecular weight excluding hydrogens is 528 g/mol. The van der Waals surface area contributed by atoms with E-state index in [1.165, 1.54) is 11.1 Å². The maximum absolute atomic E-state index is 4.90. The van der Waals surface area contributed by atoms with Gasteiger partial charge in [-0.25, -0.2) is 15.0 Å². The molecule has 0 fully saturated rings. The predicted molar refractivity (Wildman–Crippen MR) is 118 cm³/mol. The summed E-state index contributed by atoms with van der Waals surface area (Å²) in [4.78, 5) is 14.0. The van der Waals surface area contributed by atoms with Crippen LogP contribution in [0.2, 0.25) is 0 Å². The van der Waals surface area contributed by atoms with Gasteiger partial charge in [-0.05, 0) is 23.3 Å². The van der Waals surface area contributed by atoms with Crippen LogP contribution in [0.3, 0.4) is 0 Å². The molecule has 0 N–H and O–H groups in total. The van der Waals surface area contributed by atoms with Crippen LogP contribution in [0.15, 0.2) is 104 Å². The predicted octanol–water partition coefficient (Wildman–Crippen LogP) is -4.09. The zero-order chi connectivity index (χ0) is 20.2. The zero-order valence-corrected chi connectivity index (χ0v) is 21.7. The third-order valence-electron chi connectivity index (χ3n) is 5.03. The first kappa shape index (κ1) is 29.5. The van der Waals surface area contributed by atoms with Crippen molar-refractivity contribution in [1.82, 2.24) is 24.1 Å². The van der Waals surface area contributed by atoms with Crippen LogP contribution < -0.4 is 37.2 Å². The third kappa shape index (κ3) is 6.75. The molecule has 34 heavy (non-hydrogen) atoms. The first-order chi connectivity index (χ1) is 14.9. The molecule has 0 atom stereocenters. The van der Waals surface area contributed by atoms with Gasteiger partial charge in [0.15, 0.2) is 11.6 Å². The molecule has 2 aromatic carbocycles. The van der Waals surface area contributed by atoms with Gasteiger partial charge < -0.3 is 46.4 Å². The second-order valence-electron chi connectivity index (χ2n) is 7.14. The summed E-state index contributed by atoms with van der Waals surface area (Å²) in [6, 6.07) is 26.8. The van der Waals surface area contributed by atoms with Gasteiger partial charge in [-0.3, -0.25) is 0 Å². The Kier molecular flexibility index (Phi) is 12.1. The van der Waals surface area contributed by atoms with Crippen molar-refractivity contribution in [1.29, 1.82) is 0 Å². The van der Waals surface area contributed by atoms with E-state index in [9.17, 15) is 0 Å². The van der Waals surface area contributed by atoms with Crippen LogP contribution in [-0.2, 0) is 31.6 Å². The molecule has 0 spiro atoms. The smallest absolute Gasteiger partial charge is 0.158 e. The fraction of sp³-hybridized carbons (Fsp3) is 0.0800. The van der Waals surface area contributed by atoms with Gasteiger partial charge in [-0.2, -0.15) is 0 Å². The van der Waals surface area contributed by atoms with Crippen molar-refractivity contribution >= 4 is 0 Å². The standard InChI is InChI=1S/C25H21N5.3ClH.V/c1-3-8-20(9-4-1)18-29-16-14-26-24(29)22-12-7-13-23(28-22)25-27-15-17-30(25)19-21-10-5-2-6-11-21;;;;/h1-17H,18-19H2;3*1H;/p-3. The Morgan fingerprint density at radius 1 is 0.529 bits per heavy atom. The topological polar surface area (TPSA) is 48.5 Å². The Morgan fingerprint density at radius 3 is 1.35 bits per heavy atom. The van der Waals surface area contributed by atoms with Crippen LogP contribution in [0, 0.1) is 0 Å². The number of benzene rings is 2. The van der Waals surface area contributed by atoms with Crippen molar-refractivity contribution in [2.45, 2.75) is 13.1 Å². The summed E-state index contributed by atoms with van der Waals surface area (Å²) in [7, 11) is 0. The number of aromatic nitrogens is 5. The van der Waals surface area contributed by atoms with Crippen molar-refractivity contribution in [2.75, 3.05) is 0 Å². The monoisotopic (exact) mass is 547 g/mol. The van der Waals surface area contributed by atoms with Gasteiger partial charge in [-0.15, -0.1) is 0 Å².